The third kappa shape index (κ3) is 4.24. The minimum Gasteiger partial charge on any atom is -0.379 e. The van der Waals surface area contributed by atoms with Crippen LogP contribution in [0.25, 0.3) is 0 Å². The van der Waals surface area contributed by atoms with Gasteiger partial charge in [-0.05, 0) is 37.1 Å². The van der Waals surface area contributed by atoms with Gasteiger partial charge in [0.05, 0.1) is 13.2 Å². The highest BCUT2D eigenvalue weighted by Crippen LogP contribution is 2.31. The maximum Gasteiger partial charge on any atom is 0.191 e. The molecule has 0 unspecified atom stereocenters. The Balaban J connectivity index is 1.71. The molecule has 0 amide bonds. The zero-order valence-electron chi connectivity index (χ0n) is 17.7. The molecule has 1 aromatic heterocycles. The van der Waals surface area contributed by atoms with Crippen LogP contribution in [-0.2, 0) is 17.6 Å². The molecule has 7 nitrogen and oxygen atoms in total. The third-order valence-electron chi connectivity index (χ3n) is 5.74. The number of ether oxygens (including phenoxy) is 1. The van der Waals surface area contributed by atoms with Crippen molar-refractivity contribution in [1.29, 1.82) is 5.26 Å². The number of fused-ring (bicyclic) bond motifs is 1. The maximum atomic E-state index is 10.1. The summed E-state index contributed by atoms with van der Waals surface area (Å²) in [5.41, 5.74) is 3.34. The fourth-order valence-corrected chi connectivity index (χ4v) is 4.54. The standard InChI is InChI=1S/C22H28N6OS/c1-3-28(27-12-14-29-15-13-27)21-19(16-23)20(24-22(25-21)30-2)26-10-8-17-6-4-5-7-18(17)9-11-26/h4-7H,3,8-15H2,1-2H3. The van der Waals surface area contributed by atoms with Crippen LogP contribution < -0.4 is 9.91 Å². The largest absolute Gasteiger partial charge is 0.379 e. The molecule has 1 saturated heterocycles. The summed E-state index contributed by atoms with van der Waals surface area (Å²) >= 11 is 1.52. The van der Waals surface area contributed by atoms with E-state index in [4.69, 9.17) is 14.7 Å². The fourth-order valence-electron chi connectivity index (χ4n) is 4.18. The molecule has 2 aliphatic rings. The Morgan fingerprint density at radius 1 is 1.10 bits per heavy atom. The van der Waals surface area contributed by atoms with E-state index in [2.05, 4.69) is 52.2 Å². The Morgan fingerprint density at radius 2 is 1.77 bits per heavy atom. The van der Waals surface area contributed by atoms with Crippen LogP contribution in [0.5, 0.6) is 0 Å². The summed E-state index contributed by atoms with van der Waals surface area (Å²) < 4.78 is 5.52. The predicted octanol–water partition coefficient (Wildman–Crippen LogP) is 2.75. The minimum absolute atomic E-state index is 0.562. The molecule has 0 radical (unpaired) electrons. The summed E-state index contributed by atoms with van der Waals surface area (Å²) in [5, 5.41) is 15.2. The van der Waals surface area contributed by atoms with E-state index in [1.165, 1.54) is 22.9 Å². The van der Waals surface area contributed by atoms with Gasteiger partial charge in [0.2, 0.25) is 0 Å². The lowest BCUT2D eigenvalue weighted by Crippen LogP contribution is -2.49. The highest BCUT2D eigenvalue weighted by molar-refractivity contribution is 7.98. The summed E-state index contributed by atoms with van der Waals surface area (Å²) in [6, 6.07) is 11.1. The lowest BCUT2D eigenvalue weighted by Gasteiger charge is -2.38. The molecule has 0 spiro atoms. The second-order valence-corrected chi connectivity index (χ2v) is 8.16. The van der Waals surface area contributed by atoms with E-state index in [9.17, 15) is 5.26 Å². The van der Waals surface area contributed by atoms with Crippen LogP contribution in [0.1, 0.15) is 23.6 Å². The Kier molecular flexibility index (Phi) is 6.72. The molecule has 158 valence electrons. The molecule has 4 rings (SSSR count). The Labute approximate surface area is 182 Å². The van der Waals surface area contributed by atoms with Crippen molar-refractivity contribution >= 4 is 23.4 Å². The van der Waals surface area contributed by atoms with Gasteiger partial charge in [-0.15, -0.1) is 0 Å². The van der Waals surface area contributed by atoms with Gasteiger partial charge >= 0.3 is 0 Å². The van der Waals surface area contributed by atoms with Gasteiger partial charge in [0, 0.05) is 32.7 Å². The monoisotopic (exact) mass is 424 g/mol. The number of hydrogen-bond donors (Lipinski definition) is 0. The van der Waals surface area contributed by atoms with E-state index in [-0.39, 0.29) is 0 Å². The first kappa shape index (κ1) is 20.9. The topological polar surface area (TPSA) is 68.5 Å². The van der Waals surface area contributed by atoms with Gasteiger partial charge in [0.25, 0.3) is 0 Å². The van der Waals surface area contributed by atoms with Crippen molar-refractivity contribution in [1.82, 2.24) is 15.0 Å². The number of hydrogen-bond acceptors (Lipinski definition) is 8. The van der Waals surface area contributed by atoms with Crippen LogP contribution in [-0.4, -0.2) is 67.2 Å². The number of nitrogens with zero attached hydrogens (tertiary/aromatic N) is 6. The van der Waals surface area contributed by atoms with Crippen LogP contribution in [0.15, 0.2) is 29.4 Å². The number of benzene rings is 1. The van der Waals surface area contributed by atoms with Gasteiger partial charge in [0.15, 0.2) is 16.8 Å². The Hall–Kier alpha value is -2.34. The van der Waals surface area contributed by atoms with Crippen molar-refractivity contribution in [2.75, 3.05) is 62.1 Å². The molecule has 3 heterocycles. The molecule has 30 heavy (non-hydrogen) atoms. The average molecular weight is 425 g/mol. The van der Waals surface area contributed by atoms with Crippen LogP contribution in [0.3, 0.4) is 0 Å². The van der Waals surface area contributed by atoms with Gasteiger partial charge in [-0.25, -0.2) is 15.0 Å². The molecule has 0 atom stereocenters. The summed E-state index contributed by atoms with van der Waals surface area (Å²) in [5.74, 6) is 1.46. The number of hydrazine groups is 1. The number of morpholine rings is 1. The molecule has 1 fully saturated rings. The zero-order valence-corrected chi connectivity index (χ0v) is 18.5. The smallest absolute Gasteiger partial charge is 0.191 e. The first-order valence-corrected chi connectivity index (χ1v) is 11.8. The molecule has 0 bridgehead atoms. The first-order chi connectivity index (χ1) is 14.7. The Bertz CT molecular complexity index is 897. The molecule has 0 saturated carbocycles. The molecule has 1 aromatic carbocycles. The van der Waals surface area contributed by atoms with E-state index >= 15 is 0 Å². The number of nitriles is 1. The molecule has 0 aliphatic carbocycles. The highest BCUT2D eigenvalue weighted by atomic mass is 32.2. The van der Waals surface area contributed by atoms with Crippen molar-refractivity contribution in [3.8, 4) is 6.07 Å². The lowest BCUT2D eigenvalue weighted by molar-refractivity contribution is 0.0317. The van der Waals surface area contributed by atoms with Crippen molar-refractivity contribution in [3.63, 3.8) is 0 Å². The van der Waals surface area contributed by atoms with Crippen LogP contribution >= 0.6 is 11.8 Å². The third-order valence-corrected chi connectivity index (χ3v) is 6.29. The lowest BCUT2D eigenvalue weighted by atomic mass is 10.0. The number of rotatable bonds is 5. The molecule has 8 heteroatoms. The van der Waals surface area contributed by atoms with Gasteiger partial charge in [-0.3, -0.25) is 5.01 Å². The summed E-state index contributed by atoms with van der Waals surface area (Å²) in [6.45, 7) is 7.51. The summed E-state index contributed by atoms with van der Waals surface area (Å²) in [4.78, 5) is 11.8. The Morgan fingerprint density at radius 3 is 2.33 bits per heavy atom. The van der Waals surface area contributed by atoms with E-state index < -0.39 is 0 Å². The fraction of sp³-hybridized carbons (Fsp3) is 0.500. The zero-order chi connectivity index (χ0) is 20.9. The number of aromatic nitrogens is 2. The minimum atomic E-state index is 0.562. The van der Waals surface area contributed by atoms with Crippen molar-refractivity contribution in [2.45, 2.75) is 24.9 Å². The van der Waals surface area contributed by atoms with E-state index in [1.54, 1.807) is 0 Å². The van der Waals surface area contributed by atoms with E-state index in [1.807, 2.05) is 6.26 Å². The van der Waals surface area contributed by atoms with Gasteiger partial charge in [-0.2, -0.15) is 5.26 Å². The molecule has 0 N–H and O–H groups in total. The maximum absolute atomic E-state index is 10.1. The quantitative estimate of drug-likeness (QED) is 0.536. The normalized spacial score (nSPS) is 17.2. The predicted molar refractivity (Wildman–Crippen MR) is 120 cm³/mol. The van der Waals surface area contributed by atoms with Crippen molar-refractivity contribution in [3.05, 3.63) is 41.0 Å². The van der Waals surface area contributed by atoms with Gasteiger partial charge < -0.3 is 9.64 Å². The first-order valence-electron chi connectivity index (χ1n) is 10.5. The van der Waals surface area contributed by atoms with Gasteiger partial charge in [0.1, 0.15) is 11.6 Å². The number of thioether (sulfide) groups is 1. The van der Waals surface area contributed by atoms with E-state index in [0.29, 0.717) is 29.8 Å². The summed E-state index contributed by atoms with van der Waals surface area (Å²) in [7, 11) is 0. The van der Waals surface area contributed by atoms with Crippen molar-refractivity contribution < 1.29 is 4.74 Å². The van der Waals surface area contributed by atoms with Gasteiger partial charge in [-0.1, -0.05) is 36.0 Å². The number of anilines is 2. The molecule has 2 aliphatic heterocycles. The van der Waals surface area contributed by atoms with Crippen LogP contribution in [0, 0.1) is 11.3 Å². The average Bonchev–Trinajstić information content (AvgIpc) is 3.02. The SMILES string of the molecule is CCN(c1nc(SC)nc(N2CCc3ccccc3CC2)c1C#N)N1CCOCC1. The molecule has 2 aromatic rings. The van der Waals surface area contributed by atoms with Crippen LogP contribution in [0.2, 0.25) is 0 Å². The van der Waals surface area contributed by atoms with Crippen molar-refractivity contribution in [2.24, 2.45) is 0 Å². The highest BCUT2D eigenvalue weighted by Gasteiger charge is 2.27. The summed E-state index contributed by atoms with van der Waals surface area (Å²) in [6.07, 6.45) is 3.89. The van der Waals surface area contributed by atoms with Crippen LogP contribution in [0.4, 0.5) is 11.6 Å². The van der Waals surface area contributed by atoms with E-state index in [0.717, 1.165) is 51.4 Å². The second-order valence-electron chi connectivity index (χ2n) is 7.38. The molecular weight excluding hydrogens is 396 g/mol. The molecular formula is C22H28N6OS. The second kappa shape index (κ2) is 9.65.